The van der Waals surface area contributed by atoms with Gasteiger partial charge in [-0.05, 0) is 49.1 Å². The molecule has 1 amide bonds. The number of carbonyl (C=O) groups is 1. The summed E-state index contributed by atoms with van der Waals surface area (Å²) in [6.45, 7) is 1.73. The van der Waals surface area contributed by atoms with E-state index in [0.29, 0.717) is 26.2 Å². The minimum absolute atomic E-state index is 0.166. The Bertz CT molecular complexity index is 936. The maximum Gasteiger partial charge on any atom is 0.222 e. The molecule has 2 heterocycles. The van der Waals surface area contributed by atoms with Crippen molar-refractivity contribution in [1.82, 2.24) is 9.88 Å². The number of unbranched alkanes of at least 4 members (excludes halogenated alkanes) is 1. The number of ether oxygens (including phenoxy) is 2. The van der Waals surface area contributed by atoms with Gasteiger partial charge in [0.2, 0.25) is 5.91 Å². The third-order valence-corrected chi connectivity index (χ3v) is 5.92. The maximum atomic E-state index is 12.4. The predicted molar refractivity (Wildman–Crippen MR) is 111 cm³/mol. The normalized spacial score (nSPS) is 12.9. The number of para-hydroxylation sites is 1. The quantitative estimate of drug-likeness (QED) is 0.554. The fourth-order valence-electron chi connectivity index (χ4n) is 3.32. The lowest BCUT2D eigenvalue weighted by molar-refractivity contribution is -0.130. The van der Waals surface area contributed by atoms with E-state index in [1.54, 1.807) is 16.2 Å². The molecule has 1 aromatic heterocycles. The SMILES string of the molecule is CN(Cc1ccc2c(c1)OCCO2)C(=O)CCCCc1nc2ccccc2s1. The molecular weight excluding hydrogens is 372 g/mol. The van der Waals surface area contributed by atoms with Crippen LogP contribution in [0.5, 0.6) is 11.5 Å². The number of rotatable bonds is 7. The highest BCUT2D eigenvalue weighted by atomic mass is 32.1. The van der Waals surface area contributed by atoms with Gasteiger partial charge in [0.25, 0.3) is 0 Å². The van der Waals surface area contributed by atoms with E-state index in [4.69, 9.17) is 9.47 Å². The Labute approximate surface area is 168 Å². The van der Waals surface area contributed by atoms with Crippen molar-refractivity contribution in [2.24, 2.45) is 0 Å². The van der Waals surface area contributed by atoms with Gasteiger partial charge in [0.1, 0.15) is 13.2 Å². The maximum absolute atomic E-state index is 12.4. The van der Waals surface area contributed by atoms with Crippen molar-refractivity contribution in [2.75, 3.05) is 20.3 Å². The molecule has 28 heavy (non-hydrogen) atoms. The first kappa shape index (κ1) is 18.7. The minimum atomic E-state index is 0.166. The van der Waals surface area contributed by atoms with Gasteiger partial charge < -0.3 is 14.4 Å². The molecule has 1 aliphatic rings. The summed E-state index contributed by atoms with van der Waals surface area (Å²) in [7, 11) is 1.85. The van der Waals surface area contributed by atoms with Crippen molar-refractivity contribution in [2.45, 2.75) is 32.2 Å². The van der Waals surface area contributed by atoms with E-state index in [0.717, 1.165) is 46.8 Å². The van der Waals surface area contributed by atoms with Crippen molar-refractivity contribution in [3.05, 3.63) is 53.0 Å². The monoisotopic (exact) mass is 396 g/mol. The van der Waals surface area contributed by atoms with Gasteiger partial charge in [-0.1, -0.05) is 18.2 Å². The predicted octanol–water partition coefficient (Wildman–Crippen LogP) is 4.44. The van der Waals surface area contributed by atoms with Crippen LogP contribution in [0.25, 0.3) is 10.2 Å². The van der Waals surface area contributed by atoms with Crippen LogP contribution in [0.3, 0.4) is 0 Å². The molecule has 0 saturated carbocycles. The summed E-state index contributed by atoms with van der Waals surface area (Å²) in [4.78, 5) is 18.9. The van der Waals surface area contributed by atoms with Crippen molar-refractivity contribution in [1.29, 1.82) is 0 Å². The molecule has 0 aliphatic carbocycles. The van der Waals surface area contributed by atoms with Gasteiger partial charge in [-0.3, -0.25) is 4.79 Å². The largest absolute Gasteiger partial charge is 0.486 e. The van der Waals surface area contributed by atoms with E-state index in [1.807, 2.05) is 43.4 Å². The zero-order chi connectivity index (χ0) is 19.3. The molecule has 2 aromatic carbocycles. The molecule has 0 bridgehead atoms. The summed E-state index contributed by atoms with van der Waals surface area (Å²) in [5.41, 5.74) is 2.12. The Hall–Kier alpha value is -2.60. The summed E-state index contributed by atoms with van der Waals surface area (Å²) in [6.07, 6.45) is 3.34. The van der Waals surface area contributed by atoms with Gasteiger partial charge in [0.05, 0.1) is 15.2 Å². The number of nitrogens with zero attached hydrogens (tertiary/aromatic N) is 2. The number of fused-ring (bicyclic) bond motifs is 2. The topological polar surface area (TPSA) is 51.7 Å². The van der Waals surface area contributed by atoms with E-state index in [1.165, 1.54) is 4.70 Å². The third-order valence-electron chi connectivity index (χ3n) is 4.82. The molecule has 0 radical (unpaired) electrons. The van der Waals surface area contributed by atoms with Crippen LogP contribution >= 0.6 is 11.3 Å². The van der Waals surface area contributed by atoms with Gasteiger partial charge in [0, 0.05) is 20.0 Å². The van der Waals surface area contributed by atoms with E-state index in [2.05, 4.69) is 11.1 Å². The van der Waals surface area contributed by atoms with E-state index in [9.17, 15) is 4.79 Å². The van der Waals surface area contributed by atoms with E-state index < -0.39 is 0 Å². The number of carbonyl (C=O) groups excluding carboxylic acids is 1. The van der Waals surface area contributed by atoms with E-state index in [-0.39, 0.29) is 5.91 Å². The second-order valence-electron chi connectivity index (χ2n) is 7.01. The standard InChI is InChI=1S/C22H24N2O3S/c1-24(15-16-10-11-18-19(14-16)27-13-12-26-18)22(25)9-5-4-8-21-23-17-6-2-3-7-20(17)28-21/h2-3,6-7,10-11,14H,4-5,8-9,12-13,15H2,1H3. The smallest absolute Gasteiger partial charge is 0.222 e. The summed E-state index contributed by atoms with van der Waals surface area (Å²) in [5.74, 6) is 1.71. The number of aryl methyl sites for hydroxylation is 1. The molecule has 0 unspecified atom stereocenters. The minimum Gasteiger partial charge on any atom is -0.486 e. The Kier molecular flexibility index (Phi) is 5.76. The summed E-state index contributed by atoms with van der Waals surface area (Å²) < 4.78 is 12.4. The first-order valence-corrected chi connectivity index (χ1v) is 10.5. The van der Waals surface area contributed by atoms with Crippen LogP contribution < -0.4 is 9.47 Å². The number of hydrogen-bond donors (Lipinski definition) is 0. The first-order valence-electron chi connectivity index (χ1n) is 9.66. The van der Waals surface area contributed by atoms with Crippen molar-refractivity contribution in [3.63, 3.8) is 0 Å². The van der Waals surface area contributed by atoms with Crippen LogP contribution in [0.2, 0.25) is 0 Å². The molecule has 146 valence electrons. The van der Waals surface area contributed by atoms with Crippen LogP contribution in [-0.4, -0.2) is 36.1 Å². The van der Waals surface area contributed by atoms with Gasteiger partial charge in [-0.2, -0.15) is 0 Å². The molecule has 6 heteroatoms. The van der Waals surface area contributed by atoms with Gasteiger partial charge in [0.15, 0.2) is 11.5 Å². The second-order valence-corrected chi connectivity index (χ2v) is 8.13. The number of benzene rings is 2. The highest BCUT2D eigenvalue weighted by Crippen LogP contribution is 2.31. The zero-order valence-electron chi connectivity index (χ0n) is 16.0. The lowest BCUT2D eigenvalue weighted by Crippen LogP contribution is -2.26. The Morgan fingerprint density at radius 2 is 1.93 bits per heavy atom. The molecule has 0 fully saturated rings. The molecule has 4 rings (SSSR count). The molecular formula is C22H24N2O3S. The van der Waals surface area contributed by atoms with Gasteiger partial charge >= 0.3 is 0 Å². The molecule has 1 aliphatic heterocycles. The number of hydrogen-bond acceptors (Lipinski definition) is 5. The number of aromatic nitrogens is 1. The van der Waals surface area contributed by atoms with Gasteiger partial charge in [-0.25, -0.2) is 4.98 Å². The van der Waals surface area contributed by atoms with Crippen molar-refractivity contribution in [3.8, 4) is 11.5 Å². The third kappa shape index (κ3) is 4.44. The van der Waals surface area contributed by atoms with Crippen LogP contribution in [0.15, 0.2) is 42.5 Å². The first-order chi connectivity index (χ1) is 13.7. The molecule has 3 aromatic rings. The van der Waals surface area contributed by atoms with Crippen molar-refractivity contribution >= 4 is 27.5 Å². The Morgan fingerprint density at radius 3 is 2.79 bits per heavy atom. The van der Waals surface area contributed by atoms with Crippen LogP contribution in [0, 0.1) is 0 Å². The fraction of sp³-hybridized carbons (Fsp3) is 0.364. The van der Waals surface area contributed by atoms with Crippen LogP contribution in [-0.2, 0) is 17.8 Å². The Morgan fingerprint density at radius 1 is 1.11 bits per heavy atom. The lowest BCUT2D eigenvalue weighted by Gasteiger charge is -2.21. The van der Waals surface area contributed by atoms with Gasteiger partial charge in [-0.15, -0.1) is 11.3 Å². The highest BCUT2D eigenvalue weighted by molar-refractivity contribution is 7.18. The number of amides is 1. The average molecular weight is 397 g/mol. The van der Waals surface area contributed by atoms with Crippen LogP contribution in [0.1, 0.15) is 29.8 Å². The molecule has 0 N–H and O–H groups in total. The molecule has 0 atom stereocenters. The summed E-state index contributed by atoms with van der Waals surface area (Å²) >= 11 is 1.75. The fourth-order valence-corrected chi connectivity index (χ4v) is 4.33. The summed E-state index contributed by atoms with van der Waals surface area (Å²) in [6, 6.07) is 14.1. The number of thiazole rings is 1. The highest BCUT2D eigenvalue weighted by Gasteiger charge is 2.14. The van der Waals surface area contributed by atoms with Crippen molar-refractivity contribution < 1.29 is 14.3 Å². The Balaban J connectivity index is 1.23. The zero-order valence-corrected chi connectivity index (χ0v) is 16.8. The molecule has 0 saturated heterocycles. The van der Waals surface area contributed by atoms with E-state index >= 15 is 0 Å². The van der Waals surface area contributed by atoms with Crippen LogP contribution in [0.4, 0.5) is 0 Å². The lowest BCUT2D eigenvalue weighted by atomic mass is 10.1. The molecule has 0 spiro atoms. The average Bonchev–Trinajstić information content (AvgIpc) is 3.14. The molecule has 5 nitrogen and oxygen atoms in total. The second kappa shape index (κ2) is 8.61. The summed E-state index contributed by atoms with van der Waals surface area (Å²) in [5, 5.41) is 1.15.